The molecule has 0 aliphatic rings. The Kier molecular flexibility index (Phi) is 3.83. The number of hydrogen-bond donors (Lipinski definition) is 0. The molecule has 0 atom stereocenters. The summed E-state index contributed by atoms with van der Waals surface area (Å²) in [4.78, 5) is 11.8. The highest BCUT2D eigenvalue weighted by Crippen LogP contribution is 2.25. The molecule has 1 aromatic carbocycles. The number of fused-ring (bicyclic) bond motifs is 1. The maximum atomic E-state index is 11.8. The fraction of sp³-hybridized carbons (Fsp3) is 0.167. The average Bonchev–Trinajstić information content (AvgIpc) is 2.98. The number of benzene rings is 1. The topological polar surface area (TPSA) is 39.9 Å². The van der Waals surface area contributed by atoms with E-state index in [9.17, 15) is 4.79 Å². The third kappa shape index (κ3) is 2.68. The molecule has 0 saturated heterocycles. The summed E-state index contributed by atoms with van der Waals surface area (Å²) in [7, 11) is 1.65. The van der Waals surface area contributed by atoms with Gasteiger partial charge in [0.05, 0.1) is 19.3 Å². The van der Waals surface area contributed by atoms with Crippen LogP contribution in [0.2, 0.25) is 0 Å². The van der Waals surface area contributed by atoms with Gasteiger partial charge in [0.2, 0.25) is 0 Å². The molecular formula is C18H17NO3. The van der Waals surface area contributed by atoms with Crippen molar-refractivity contribution in [2.24, 2.45) is 0 Å². The lowest BCUT2D eigenvalue weighted by Crippen LogP contribution is -2.04. The van der Waals surface area contributed by atoms with Crippen molar-refractivity contribution in [2.75, 3.05) is 13.7 Å². The molecule has 0 aliphatic heterocycles. The van der Waals surface area contributed by atoms with E-state index < -0.39 is 0 Å². The molecule has 2 aromatic heterocycles. The van der Waals surface area contributed by atoms with Crippen LogP contribution in [0.3, 0.4) is 0 Å². The monoisotopic (exact) mass is 295 g/mol. The maximum Gasteiger partial charge on any atom is 0.338 e. The van der Waals surface area contributed by atoms with Gasteiger partial charge in [-0.2, -0.15) is 0 Å². The Balaban J connectivity index is 1.96. The van der Waals surface area contributed by atoms with Gasteiger partial charge in [-0.25, -0.2) is 4.79 Å². The van der Waals surface area contributed by atoms with E-state index in [4.69, 9.17) is 9.47 Å². The van der Waals surface area contributed by atoms with Crippen LogP contribution in [0.1, 0.15) is 17.3 Å². The van der Waals surface area contributed by atoms with Gasteiger partial charge < -0.3 is 13.9 Å². The minimum Gasteiger partial charge on any atom is -0.497 e. The second-order valence-electron chi connectivity index (χ2n) is 4.93. The van der Waals surface area contributed by atoms with Crippen LogP contribution in [0.15, 0.2) is 54.9 Å². The van der Waals surface area contributed by atoms with Crippen molar-refractivity contribution >= 4 is 11.5 Å². The van der Waals surface area contributed by atoms with E-state index in [1.54, 1.807) is 20.1 Å². The summed E-state index contributed by atoms with van der Waals surface area (Å²) in [5.74, 6) is 0.536. The summed E-state index contributed by atoms with van der Waals surface area (Å²) in [6, 6.07) is 13.5. The van der Waals surface area contributed by atoms with Gasteiger partial charge in [0.25, 0.3) is 0 Å². The van der Waals surface area contributed by atoms with Crippen LogP contribution in [-0.4, -0.2) is 24.1 Å². The Labute approximate surface area is 128 Å². The highest BCUT2D eigenvalue weighted by molar-refractivity contribution is 5.91. The summed E-state index contributed by atoms with van der Waals surface area (Å²) in [5, 5.41) is 0. The van der Waals surface area contributed by atoms with Crippen molar-refractivity contribution < 1.29 is 14.3 Å². The lowest BCUT2D eigenvalue weighted by atomic mass is 10.1. The molecule has 0 N–H and O–H groups in total. The van der Waals surface area contributed by atoms with Gasteiger partial charge in [0.1, 0.15) is 5.75 Å². The number of methoxy groups -OCH3 is 1. The molecular weight excluding hydrogens is 278 g/mol. The quantitative estimate of drug-likeness (QED) is 0.687. The average molecular weight is 295 g/mol. The third-order valence-electron chi connectivity index (χ3n) is 3.53. The Hall–Kier alpha value is -2.75. The summed E-state index contributed by atoms with van der Waals surface area (Å²) >= 11 is 0. The van der Waals surface area contributed by atoms with Crippen LogP contribution in [0.25, 0.3) is 16.6 Å². The van der Waals surface area contributed by atoms with E-state index in [0.29, 0.717) is 12.2 Å². The maximum absolute atomic E-state index is 11.8. The number of esters is 1. The van der Waals surface area contributed by atoms with Crippen molar-refractivity contribution in [3.05, 3.63) is 60.4 Å². The van der Waals surface area contributed by atoms with Gasteiger partial charge in [-0.15, -0.1) is 0 Å². The Morgan fingerprint density at radius 1 is 1.09 bits per heavy atom. The van der Waals surface area contributed by atoms with Gasteiger partial charge in [-0.05, 0) is 42.8 Å². The lowest BCUT2D eigenvalue weighted by molar-refractivity contribution is 0.0526. The lowest BCUT2D eigenvalue weighted by Gasteiger charge is -2.02. The summed E-state index contributed by atoms with van der Waals surface area (Å²) in [6.07, 6.45) is 3.90. The molecule has 22 heavy (non-hydrogen) atoms. The first kappa shape index (κ1) is 14.2. The van der Waals surface area contributed by atoms with Crippen LogP contribution < -0.4 is 4.74 Å². The minimum absolute atomic E-state index is 0.294. The Morgan fingerprint density at radius 3 is 2.55 bits per heavy atom. The van der Waals surface area contributed by atoms with Gasteiger partial charge in [-0.1, -0.05) is 12.1 Å². The first-order valence-corrected chi connectivity index (χ1v) is 7.14. The van der Waals surface area contributed by atoms with E-state index in [1.165, 1.54) is 0 Å². The van der Waals surface area contributed by atoms with Gasteiger partial charge in [-0.3, -0.25) is 0 Å². The first-order chi connectivity index (χ1) is 10.7. The Morgan fingerprint density at radius 2 is 1.86 bits per heavy atom. The summed E-state index contributed by atoms with van der Waals surface area (Å²) < 4.78 is 12.2. The number of ether oxygens (including phenoxy) is 2. The highest BCUT2D eigenvalue weighted by atomic mass is 16.5. The zero-order valence-electron chi connectivity index (χ0n) is 12.6. The molecule has 4 nitrogen and oxygen atoms in total. The number of carbonyl (C=O) groups excluding carboxylic acids is 1. The predicted octanol–water partition coefficient (Wildman–Crippen LogP) is 3.79. The molecule has 0 aliphatic carbocycles. The molecule has 3 aromatic rings. The first-order valence-electron chi connectivity index (χ1n) is 7.14. The number of rotatable bonds is 4. The second kappa shape index (κ2) is 5.93. The molecule has 4 heteroatoms. The molecule has 0 bridgehead atoms. The zero-order valence-corrected chi connectivity index (χ0v) is 12.6. The van der Waals surface area contributed by atoms with Crippen LogP contribution in [0.5, 0.6) is 5.75 Å². The Bertz CT molecular complexity index is 803. The van der Waals surface area contributed by atoms with Crippen LogP contribution in [-0.2, 0) is 4.74 Å². The number of nitrogens with zero attached hydrogens (tertiary/aromatic N) is 1. The van der Waals surface area contributed by atoms with E-state index >= 15 is 0 Å². The smallest absolute Gasteiger partial charge is 0.338 e. The van der Waals surface area contributed by atoms with Crippen molar-refractivity contribution in [2.45, 2.75) is 6.92 Å². The van der Waals surface area contributed by atoms with Crippen molar-refractivity contribution in [3.63, 3.8) is 0 Å². The fourth-order valence-corrected chi connectivity index (χ4v) is 2.39. The van der Waals surface area contributed by atoms with E-state index in [-0.39, 0.29) is 5.97 Å². The number of aromatic nitrogens is 1. The van der Waals surface area contributed by atoms with Crippen molar-refractivity contribution in [1.29, 1.82) is 0 Å². The molecule has 0 fully saturated rings. The van der Waals surface area contributed by atoms with Crippen LogP contribution in [0, 0.1) is 0 Å². The van der Waals surface area contributed by atoms with Crippen molar-refractivity contribution in [3.8, 4) is 16.9 Å². The molecule has 0 radical (unpaired) electrons. The standard InChI is InChI=1S/C18H17NO3/c1-3-22-18(20)14-8-9-19-12-15(11-16(19)10-14)13-4-6-17(21-2)7-5-13/h4-12H,3H2,1-2H3. The van der Waals surface area contributed by atoms with Crippen LogP contribution in [0.4, 0.5) is 0 Å². The highest BCUT2D eigenvalue weighted by Gasteiger charge is 2.09. The summed E-state index contributed by atoms with van der Waals surface area (Å²) in [5.41, 5.74) is 3.70. The van der Waals surface area contributed by atoms with Crippen molar-refractivity contribution in [1.82, 2.24) is 4.40 Å². The number of carbonyl (C=O) groups is 1. The number of pyridine rings is 1. The minimum atomic E-state index is -0.294. The van der Waals surface area contributed by atoms with E-state index in [2.05, 4.69) is 0 Å². The molecule has 112 valence electrons. The molecule has 0 amide bonds. The third-order valence-corrected chi connectivity index (χ3v) is 3.53. The van der Waals surface area contributed by atoms with Gasteiger partial charge in [0, 0.05) is 23.5 Å². The summed E-state index contributed by atoms with van der Waals surface area (Å²) in [6.45, 7) is 2.18. The van der Waals surface area contributed by atoms with Gasteiger partial charge in [0.15, 0.2) is 0 Å². The van der Waals surface area contributed by atoms with Gasteiger partial charge >= 0.3 is 5.97 Å². The SMILES string of the molecule is CCOC(=O)c1ccn2cc(-c3ccc(OC)cc3)cc2c1. The van der Waals surface area contributed by atoms with Crippen LogP contribution >= 0.6 is 0 Å². The normalized spacial score (nSPS) is 10.6. The molecule has 0 unspecified atom stereocenters. The number of hydrogen-bond acceptors (Lipinski definition) is 3. The second-order valence-corrected chi connectivity index (χ2v) is 4.93. The zero-order chi connectivity index (χ0) is 15.5. The molecule has 3 rings (SSSR count). The fourth-order valence-electron chi connectivity index (χ4n) is 2.39. The predicted molar refractivity (Wildman–Crippen MR) is 85.3 cm³/mol. The largest absolute Gasteiger partial charge is 0.497 e. The molecule has 0 saturated carbocycles. The molecule has 2 heterocycles. The van der Waals surface area contributed by atoms with E-state index in [1.807, 2.05) is 53.2 Å². The molecule has 0 spiro atoms. The van der Waals surface area contributed by atoms with E-state index in [0.717, 1.165) is 22.4 Å².